The van der Waals surface area contributed by atoms with Crippen molar-refractivity contribution < 1.29 is 4.42 Å². The molecule has 0 radical (unpaired) electrons. The lowest BCUT2D eigenvalue weighted by molar-refractivity contribution is 0.653. The Labute approximate surface area is 265 Å². The predicted molar refractivity (Wildman–Crippen MR) is 191 cm³/mol. The van der Waals surface area contributed by atoms with Crippen LogP contribution in [0, 0.1) is 0 Å². The van der Waals surface area contributed by atoms with Gasteiger partial charge in [-0.25, -0.2) is 9.97 Å². The predicted octanol–water partition coefficient (Wildman–Crippen LogP) is 12.1. The van der Waals surface area contributed by atoms with Crippen molar-refractivity contribution >= 4 is 85.2 Å². The molecule has 0 aliphatic rings. The Kier molecular flexibility index (Phi) is 5.32. The van der Waals surface area contributed by atoms with E-state index in [0.29, 0.717) is 5.71 Å². The summed E-state index contributed by atoms with van der Waals surface area (Å²) in [5.74, 6) is 0. The summed E-state index contributed by atoms with van der Waals surface area (Å²) in [5.41, 5.74) is 8.75. The molecule has 5 heteroatoms. The van der Waals surface area contributed by atoms with Gasteiger partial charge in [0.05, 0.1) is 11.9 Å². The van der Waals surface area contributed by atoms with Crippen LogP contribution < -0.4 is 0 Å². The van der Waals surface area contributed by atoms with Gasteiger partial charge in [-0.2, -0.15) is 0 Å². The molecule has 210 valence electrons. The Morgan fingerprint density at radius 3 is 1.80 bits per heavy atom. The highest BCUT2D eigenvalue weighted by Gasteiger charge is 2.16. The first-order chi connectivity index (χ1) is 22.3. The van der Waals surface area contributed by atoms with Gasteiger partial charge in [0.1, 0.15) is 11.1 Å². The van der Waals surface area contributed by atoms with E-state index in [1.54, 1.807) is 0 Å². The Morgan fingerprint density at radius 2 is 1.09 bits per heavy atom. The van der Waals surface area contributed by atoms with Gasteiger partial charge in [0.15, 0.2) is 0 Å². The summed E-state index contributed by atoms with van der Waals surface area (Å²) in [4.78, 5) is 9.88. The Bertz CT molecular complexity index is 2780. The molecule has 0 atom stereocenters. The van der Waals surface area contributed by atoms with Crippen LogP contribution in [0.15, 0.2) is 138 Å². The minimum Gasteiger partial charge on any atom is -0.436 e. The van der Waals surface area contributed by atoms with E-state index in [2.05, 4.69) is 121 Å². The van der Waals surface area contributed by atoms with Gasteiger partial charge < -0.3 is 4.42 Å². The van der Waals surface area contributed by atoms with Crippen molar-refractivity contribution in [1.82, 2.24) is 9.97 Å². The van der Waals surface area contributed by atoms with Crippen LogP contribution >= 0.6 is 22.7 Å². The summed E-state index contributed by atoms with van der Waals surface area (Å²) in [6, 6.07) is 45.5. The van der Waals surface area contributed by atoms with Crippen molar-refractivity contribution in [2.45, 2.75) is 0 Å². The zero-order valence-electron chi connectivity index (χ0n) is 23.8. The highest BCUT2D eigenvalue weighted by Crippen LogP contribution is 2.42. The van der Waals surface area contributed by atoms with Gasteiger partial charge in [0.25, 0.3) is 0 Å². The first kappa shape index (κ1) is 25.0. The van der Waals surface area contributed by atoms with E-state index < -0.39 is 0 Å². The van der Waals surface area contributed by atoms with Crippen molar-refractivity contribution in [3.8, 4) is 33.5 Å². The molecule has 10 rings (SSSR count). The van der Waals surface area contributed by atoms with Crippen molar-refractivity contribution in [3.05, 3.63) is 134 Å². The number of rotatable bonds is 3. The molecule has 0 amide bonds. The minimum atomic E-state index is 0.553. The largest absolute Gasteiger partial charge is 0.436 e. The molecular formula is C40H22N2OS2. The third kappa shape index (κ3) is 3.81. The molecule has 0 unspecified atom stereocenters. The molecule has 45 heavy (non-hydrogen) atoms. The molecule has 0 saturated heterocycles. The maximum absolute atomic E-state index is 6.17. The molecule has 6 aromatic carbocycles. The fourth-order valence-corrected chi connectivity index (χ4v) is 9.11. The first-order valence-corrected chi connectivity index (χ1v) is 16.5. The Balaban J connectivity index is 1.11. The highest BCUT2D eigenvalue weighted by atomic mass is 32.1. The SMILES string of the molecule is c1cc(-c2cnc3oc4ccc(-c5cccc6c5sc5ccccc56)cc4c3n2)cc(-c2cccc3c2sc2ccccc23)c1. The maximum atomic E-state index is 6.17. The quantitative estimate of drug-likeness (QED) is 0.200. The second-order valence-electron chi connectivity index (χ2n) is 11.4. The van der Waals surface area contributed by atoms with Crippen LogP contribution in [-0.2, 0) is 0 Å². The molecule has 0 aliphatic carbocycles. The number of aromatic nitrogens is 2. The number of fused-ring (bicyclic) bond motifs is 9. The van der Waals surface area contributed by atoms with Gasteiger partial charge in [-0.1, -0.05) is 97.1 Å². The average Bonchev–Trinajstić information content (AvgIpc) is 3.79. The van der Waals surface area contributed by atoms with Gasteiger partial charge >= 0.3 is 0 Å². The first-order valence-electron chi connectivity index (χ1n) is 14.9. The van der Waals surface area contributed by atoms with Crippen LogP contribution in [0.1, 0.15) is 0 Å². The number of thiophene rings is 2. The molecule has 0 aliphatic heterocycles. The monoisotopic (exact) mass is 610 g/mol. The number of furan rings is 1. The number of hydrogen-bond donors (Lipinski definition) is 0. The van der Waals surface area contributed by atoms with E-state index >= 15 is 0 Å². The Morgan fingerprint density at radius 1 is 0.489 bits per heavy atom. The van der Waals surface area contributed by atoms with Crippen molar-refractivity contribution in [1.29, 1.82) is 0 Å². The van der Waals surface area contributed by atoms with E-state index in [0.717, 1.165) is 33.3 Å². The van der Waals surface area contributed by atoms with Gasteiger partial charge in [-0.3, -0.25) is 0 Å². The van der Waals surface area contributed by atoms with Crippen LogP contribution in [0.25, 0.3) is 96.1 Å². The topological polar surface area (TPSA) is 38.9 Å². The Hall–Kier alpha value is -5.36. The van der Waals surface area contributed by atoms with Crippen LogP contribution in [0.5, 0.6) is 0 Å². The van der Waals surface area contributed by atoms with Gasteiger partial charge in [-0.15, -0.1) is 22.7 Å². The maximum Gasteiger partial charge on any atom is 0.246 e. The lowest BCUT2D eigenvalue weighted by Crippen LogP contribution is -1.88. The van der Waals surface area contributed by atoms with E-state index in [1.165, 1.54) is 57.0 Å². The fourth-order valence-electron chi connectivity index (χ4n) is 6.64. The average molecular weight is 611 g/mol. The lowest BCUT2D eigenvalue weighted by atomic mass is 10.00. The van der Waals surface area contributed by atoms with Crippen molar-refractivity contribution in [3.63, 3.8) is 0 Å². The van der Waals surface area contributed by atoms with E-state index in [9.17, 15) is 0 Å². The minimum absolute atomic E-state index is 0.553. The molecule has 4 aromatic heterocycles. The molecular weight excluding hydrogens is 589 g/mol. The van der Waals surface area contributed by atoms with Gasteiger partial charge in [0.2, 0.25) is 5.71 Å². The molecule has 0 spiro atoms. The number of benzene rings is 6. The van der Waals surface area contributed by atoms with Gasteiger partial charge in [0, 0.05) is 51.3 Å². The van der Waals surface area contributed by atoms with Crippen molar-refractivity contribution in [2.24, 2.45) is 0 Å². The zero-order valence-corrected chi connectivity index (χ0v) is 25.5. The van der Waals surface area contributed by atoms with Crippen LogP contribution in [0.3, 0.4) is 0 Å². The van der Waals surface area contributed by atoms with Gasteiger partial charge in [-0.05, 0) is 52.6 Å². The molecule has 10 aromatic rings. The lowest BCUT2D eigenvalue weighted by Gasteiger charge is -2.07. The van der Waals surface area contributed by atoms with E-state index in [4.69, 9.17) is 14.4 Å². The summed E-state index contributed by atoms with van der Waals surface area (Å²) in [5, 5.41) is 6.17. The summed E-state index contributed by atoms with van der Waals surface area (Å²) in [6.45, 7) is 0. The van der Waals surface area contributed by atoms with Crippen LogP contribution in [0.2, 0.25) is 0 Å². The van der Waals surface area contributed by atoms with E-state index in [-0.39, 0.29) is 0 Å². The molecule has 0 bridgehead atoms. The van der Waals surface area contributed by atoms with Crippen molar-refractivity contribution in [2.75, 3.05) is 0 Å². The molecule has 0 N–H and O–H groups in total. The number of nitrogens with zero attached hydrogens (tertiary/aromatic N) is 2. The highest BCUT2D eigenvalue weighted by molar-refractivity contribution is 7.26. The summed E-state index contributed by atoms with van der Waals surface area (Å²) < 4.78 is 11.4. The summed E-state index contributed by atoms with van der Waals surface area (Å²) in [7, 11) is 0. The standard InChI is InChI=1S/C40H22N2OS2/c1-3-16-35-28(10-1)30-14-6-12-26(38(30)44-35)23-8-5-9-25(20-23)33-22-41-40-37(42-33)32-21-24(18-19-34(32)43-40)27-13-7-15-31-29-11-2-4-17-36(29)45-39(27)31/h1-22H. The molecule has 0 saturated carbocycles. The molecule has 0 fully saturated rings. The summed E-state index contributed by atoms with van der Waals surface area (Å²) in [6.07, 6.45) is 1.82. The molecule has 3 nitrogen and oxygen atoms in total. The smallest absolute Gasteiger partial charge is 0.246 e. The van der Waals surface area contributed by atoms with Crippen LogP contribution in [-0.4, -0.2) is 9.97 Å². The number of hydrogen-bond acceptors (Lipinski definition) is 5. The van der Waals surface area contributed by atoms with E-state index in [1.807, 2.05) is 34.9 Å². The molecule has 4 heterocycles. The third-order valence-corrected chi connectivity index (χ3v) is 11.2. The second kappa shape index (κ2) is 9.57. The second-order valence-corrected chi connectivity index (χ2v) is 13.5. The zero-order chi connectivity index (χ0) is 29.5. The van der Waals surface area contributed by atoms with Crippen LogP contribution in [0.4, 0.5) is 0 Å². The fraction of sp³-hybridized carbons (Fsp3) is 0. The third-order valence-electron chi connectivity index (χ3n) is 8.77. The summed E-state index contributed by atoms with van der Waals surface area (Å²) >= 11 is 3.69. The normalized spacial score (nSPS) is 12.0.